The third kappa shape index (κ3) is 7.40. The van der Waals surface area contributed by atoms with Crippen molar-refractivity contribution in [3.8, 4) is 11.5 Å². The minimum absolute atomic E-state index is 0.0274. The number of benzene rings is 3. The highest BCUT2D eigenvalue weighted by Gasteiger charge is 2.29. The van der Waals surface area contributed by atoms with E-state index in [-0.39, 0.29) is 29.1 Å². The number of nitrogens with zero attached hydrogens (tertiary/aromatic N) is 1. The van der Waals surface area contributed by atoms with Crippen molar-refractivity contribution in [2.75, 3.05) is 27.3 Å². The van der Waals surface area contributed by atoms with Gasteiger partial charge in [0, 0.05) is 12.1 Å². The zero-order valence-electron chi connectivity index (χ0n) is 21.2. The van der Waals surface area contributed by atoms with Crippen LogP contribution in [-0.4, -0.2) is 57.9 Å². The fourth-order valence-electron chi connectivity index (χ4n) is 3.41. The molecule has 0 radical (unpaired) electrons. The lowest BCUT2D eigenvalue weighted by atomic mass is 10.1. The molecule has 200 valence electrons. The molecule has 0 aromatic heterocycles. The minimum Gasteiger partial charge on any atom is -0.468 e. The fourth-order valence-corrected chi connectivity index (χ4v) is 4.78. The van der Waals surface area contributed by atoms with E-state index in [0.717, 1.165) is 17.0 Å². The van der Waals surface area contributed by atoms with Crippen LogP contribution in [-0.2, 0) is 35.6 Å². The Morgan fingerprint density at radius 3 is 2.13 bits per heavy atom. The number of carbonyl (C=O) groups excluding carboxylic acids is 3. The van der Waals surface area contributed by atoms with E-state index in [9.17, 15) is 22.8 Å². The van der Waals surface area contributed by atoms with Gasteiger partial charge in [0.1, 0.15) is 24.6 Å². The smallest absolute Gasteiger partial charge is 0.325 e. The number of sulfonamides is 1. The molecule has 11 heteroatoms. The first-order valence-electron chi connectivity index (χ1n) is 11.5. The van der Waals surface area contributed by atoms with E-state index >= 15 is 0 Å². The number of hydrogen-bond donors (Lipinski definition) is 1. The maximum Gasteiger partial charge on any atom is 0.325 e. The number of carbonyl (C=O) groups is 3. The Balaban J connectivity index is 2.03. The number of methoxy groups -OCH3 is 2. The van der Waals surface area contributed by atoms with Gasteiger partial charge >= 0.3 is 11.9 Å². The molecule has 1 N–H and O–H groups in total. The van der Waals surface area contributed by atoms with Gasteiger partial charge in [-0.15, -0.1) is 0 Å². The molecule has 3 rings (SSSR count). The summed E-state index contributed by atoms with van der Waals surface area (Å²) >= 11 is 0. The van der Waals surface area contributed by atoms with E-state index in [1.54, 1.807) is 42.5 Å². The summed E-state index contributed by atoms with van der Waals surface area (Å²) in [7, 11) is -1.84. The Kier molecular flexibility index (Phi) is 9.58. The molecule has 0 aliphatic heterocycles. The average molecular weight is 541 g/mol. The van der Waals surface area contributed by atoms with Crippen LogP contribution in [0.3, 0.4) is 0 Å². The number of esters is 2. The Bertz CT molecular complexity index is 1390. The molecule has 0 saturated carbocycles. The summed E-state index contributed by atoms with van der Waals surface area (Å²) in [6.45, 7) is 0.475. The molecule has 0 fully saturated rings. The number of hydrogen-bond acceptors (Lipinski definition) is 8. The number of amides is 1. The van der Waals surface area contributed by atoms with Gasteiger partial charge in [-0.3, -0.25) is 14.4 Å². The molecule has 0 heterocycles. The number of aryl methyl sites for hydroxylation is 1. The van der Waals surface area contributed by atoms with Crippen LogP contribution < -0.4 is 10.1 Å². The van der Waals surface area contributed by atoms with Crippen molar-refractivity contribution in [2.45, 2.75) is 18.4 Å². The summed E-state index contributed by atoms with van der Waals surface area (Å²) in [5.74, 6) is -1.21. The second kappa shape index (κ2) is 12.8. The van der Waals surface area contributed by atoms with Crippen molar-refractivity contribution in [1.29, 1.82) is 0 Å². The molecule has 0 saturated heterocycles. The SMILES string of the molecule is COC(=O)CNC(=O)c1ccc(Oc2ccccc2)cc1CN(CC(=O)OC)S(=O)(=O)c1ccc(C)cc1. The molecule has 0 bridgehead atoms. The normalized spacial score (nSPS) is 11.1. The van der Waals surface area contributed by atoms with Gasteiger partial charge in [0.05, 0.1) is 19.1 Å². The molecule has 38 heavy (non-hydrogen) atoms. The summed E-state index contributed by atoms with van der Waals surface area (Å²) in [6, 6.07) is 19.5. The Labute approximate surface area is 221 Å². The summed E-state index contributed by atoms with van der Waals surface area (Å²) in [5.41, 5.74) is 1.18. The largest absolute Gasteiger partial charge is 0.468 e. The van der Waals surface area contributed by atoms with Crippen molar-refractivity contribution >= 4 is 27.9 Å². The van der Waals surface area contributed by atoms with Crippen LogP contribution in [0.4, 0.5) is 0 Å². The van der Waals surface area contributed by atoms with E-state index in [4.69, 9.17) is 9.47 Å². The highest BCUT2D eigenvalue weighted by molar-refractivity contribution is 7.89. The third-order valence-corrected chi connectivity index (χ3v) is 7.27. The van der Waals surface area contributed by atoms with Gasteiger partial charge in [0.25, 0.3) is 5.91 Å². The summed E-state index contributed by atoms with van der Waals surface area (Å²) in [5, 5.41) is 2.45. The molecule has 0 unspecified atom stereocenters. The van der Waals surface area contributed by atoms with Gasteiger partial charge in [-0.05, 0) is 55.0 Å². The van der Waals surface area contributed by atoms with E-state index in [1.807, 2.05) is 13.0 Å². The van der Waals surface area contributed by atoms with Crippen LogP contribution in [0.5, 0.6) is 11.5 Å². The zero-order valence-corrected chi connectivity index (χ0v) is 22.0. The number of para-hydroxylation sites is 1. The highest BCUT2D eigenvalue weighted by atomic mass is 32.2. The van der Waals surface area contributed by atoms with Crippen LogP contribution in [0.15, 0.2) is 77.7 Å². The van der Waals surface area contributed by atoms with Gasteiger partial charge in [-0.1, -0.05) is 35.9 Å². The first-order chi connectivity index (χ1) is 18.1. The van der Waals surface area contributed by atoms with Crippen molar-refractivity contribution in [1.82, 2.24) is 9.62 Å². The Morgan fingerprint density at radius 1 is 0.842 bits per heavy atom. The molecule has 3 aromatic carbocycles. The fraction of sp³-hybridized carbons (Fsp3) is 0.222. The lowest BCUT2D eigenvalue weighted by molar-refractivity contribution is -0.141. The van der Waals surface area contributed by atoms with E-state index in [0.29, 0.717) is 11.5 Å². The molecule has 10 nitrogen and oxygen atoms in total. The van der Waals surface area contributed by atoms with Gasteiger partial charge in [0.15, 0.2) is 0 Å². The lowest BCUT2D eigenvalue weighted by Crippen LogP contribution is -2.37. The van der Waals surface area contributed by atoms with E-state index < -0.39 is 34.4 Å². The number of nitrogens with one attached hydrogen (secondary N) is 1. The second-order valence-corrected chi connectivity index (χ2v) is 10.1. The van der Waals surface area contributed by atoms with Crippen molar-refractivity contribution in [3.05, 3.63) is 89.5 Å². The predicted molar refractivity (Wildman–Crippen MR) is 138 cm³/mol. The van der Waals surface area contributed by atoms with Crippen molar-refractivity contribution in [3.63, 3.8) is 0 Å². The van der Waals surface area contributed by atoms with Gasteiger partial charge in [0.2, 0.25) is 10.0 Å². The highest BCUT2D eigenvalue weighted by Crippen LogP contribution is 2.27. The van der Waals surface area contributed by atoms with Gasteiger partial charge in [-0.2, -0.15) is 4.31 Å². The van der Waals surface area contributed by atoms with Crippen molar-refractivity contribution < 1.29 is 37.0 Å². The third-order valence-electron chi connectivity index (χ3n) is 5.46. The zero-order chi connectivity index (χ0) is 27.7. The standard InChI is InChI=1S/C27H28N2O8S/c1-19-9-12-23(13-10-19)38(33,34)29(18-26(31)36-3)17-20-15-22(37-21-7-5-4-6-8-21)11-14-24(20)27(32)28-16-25(30)35-2/h4-15H,16-18H2,1-3H3,(H,28,32). The summed E-state index contributed by atoms with van der Waals surface area (Å²) in [6.07, 6.45) is 0. The topological polar surface area (TPSA) is 128 Å². The minimum atomic E-state index is -4.18. The van der Waals surface area contributed by atoms with E-state index in [1.165, 1.54) is 31.4 Å². The lowest BCUT2D eigenvalue weighted by Gasteiger charge is -2.23. The average Bonchev–Trinajstić information content (AvgIpc) is 2.92. The molecule has 0 aliphatic carbocycles. The number of ether oxygens (including phenoxy) is 3. The molecular formula is C27H28N2O8S. The quantitative estimate of drug-likeness (QED) is 0.368. The number of rotatable bonds is 11. The van der Waals surface area contributed by atoms with Crippen LogP contribution in [0, 0.1) is 6.92 Å². The van der Waals surface area contributed by atoms with Crippen LogP contribution >= 0.6 is 0 Å². The molecule has 1 amide bonds. The Hall–Kier alpha value is -4.22. The van der Waals surface area contributed by atoms with Crippen molar-refractivity contribution in [2.24, 2.45) is 0 Å². The van der Waals surface area contributed by atoms with Crippen LogP contribution in [0.25, 0.3) is 0 Å². The molecular weight excluding hydrogens is 512 g/mol. The maximum atomic E-state index is 13.5. The monoisotopic (exact) mass is 540 g/mol. The van der Waals surface area contributed by atoms with Crippen LogP contribution in [0.1, 0.15) is 21.5 Å². The predicted octanol–water partition coefficient (Wildman–Crippen LogP) is 3.05. The summed E-state index contributed by atoms with van der Waals surface area (Å²) < 4.78 is 43.1. The molecule has 3 aromatic rings. The van der Waals surface area contributed by atoms with Gasteiger partial charge in [-0.25, -0.2) is 8.42 Å². The summed E-state index contributed by atoms with van der Waals surface area (Å²) in [4.78, 5) is 36.7. The first-order valence-corrected chi connectivity index (χ1v) is 12.9. The maximum absolute atomic E-state index is 13.5. The Morgan fingerprint density at radius 2 is 1.50 bits per heavy atom. The van der Waals surface area contributed by atoms with Crippen LogP contribution in [0.2, 0.25) is 0 Å². The van der Waals surface area contributed by atoms with E-state index in [2.05, 4.69) is 10.1 Å². The first kappa shape index (κ1) is 28.4. The molecule has 0 aliphatic rings. The second-order valence-electron chi connectivity index (χ2n) is 8.16. The molecule has 0 atom stereocenters. The van der Waals surface area contributed by atoms with Gasteiger partial charge < -0.3 is 19.5 Å². The molecule has 0 spiro atoms.